The van der Waals surface area contributed by atoms with E-state index in [-0.39, 0.29) is 28.6 Å². The van der Waals surface area contributed by atoms with Crippen LogP contribution in [0, 0.1) is 5.92 Å². The van der Waals surface area contributed by atoms with Gasteiger partial charge in [0.25, 0.3) is 0 Å². The summed E-state index contributed by atoms with van der Waals surface area (Å²) < 4.78 is 22.4. The zero-order valence-electron chi connectivity index (χ0n) is 10.6. The molecule has 0 radical (unpaired) electrons. The van der Waals surface area contributed by atoms with E-state index in [0.29, 0.717) is 0 Å². The lowest BCUT2D eigenvalue weighted by molar-refractivity contribution is 0.0697. The summed E-state index contributed by atoms with van der Waals surface area (Å²) >= 11 is 0. The van der Waals surface area contributed by atoms with Crippen molar-refractivity contribution in [2.75, 3.05) is 11.9 Å². The van der Waals surface area contributed by atoms with Gasteiger partial charge in [-0.25, -0.2) is 18.4 Å². The highest BCUT2D eigenvalue weighted by Gasteiger charge is 2.29. The third-order valence-corrected chi connectivity index (χ3v) is 4.13. The molecule has 1 atom stereocenters. The average Bonchev–Trinajstić information content (AvgIpc) is 3.18. The number of anilines is 1. The number of rotatable bonds is 6. The number of benzene rings is 1. The smallest absolute Gasteiger partial charge is 0.337 e. The summed E-state index contributed by atoms with van der Waals surface area (Å²) in [4.78, 5) is 10.9. The molecule has 5 N–H and O–H groups in total. The first kappa shape index (κ1) is 14.8. The quantitative estimate of drug-likeness (QED) is 0.594. The second-order valence-corrected chi connectivity index (χ2v) is 6.40. The van der Waals surface area contributed by atoms with Crippen LogP contribution in [0.15, 0.2) is 23.1 Å². The maximum Gasteiger partial charge on any atom is 0.337 e. The Kier molecular flexibility index (Phi) is 3.98. The van der Waals surface area contributed by atoms with Crippen LogP contribution in [0.2, 0.25) is 0 Å². The van der Waals surface area contributed by atoms with E-state index in [9.17, 15) is 18.3 Å². The Morgan fingerprint density at radius 3 is 2.60 bits per heavy atom. The van der Waals surface area contributed by atoms with Crippen LogP contribution in [-0.2, 0) is 10.0 Å². The van der Waals surface area contributed by atoms with Gasteiger partial charge in [-0.05, 0) is 37.0 Å². The van der Waals surface area contributed by atoms with Gasteiger partial charge in [-0.3, -0.25) is 0 Å². The summed E-state index contributed by atoms with van der Waals surface area (Å²) in [7, 11) is -3.95. The topological polar surface area (TPSA) is 130 Å². The molecule has 7 nitrogen and oxygen atoms in total. The Hall–Kier alpha value is -1.64. The van der Waals surface area contributed by atoms with Crippen LogP contribution in [0.5, 0.6) is 0 Å². The largest absolute Gasteiger partial charge is 0.478 e. The van der Waals surface area contributed by atoms with Gasteiger partial charge in [0.15, 0.2) is 0 Å². The molecule has 1 aromatic carbocycles. The van der Waals surface area contributed by atoms with Gasteiger partial charge in [-0.1, -0.05) is 0 Å². The molecule has 2 rings (SSSR count). The van der Waals surface area contributed by atoms with E-state index in [2.05, 4.69) is 5.32 Å². The molecule has 1 aromatic rings. The summed E-state index contributed by atoms with van der Waals surface area (Å²) in [5.41, 5.74) is 0.0594. The molecule has 1 aliphatic carbocycles. The van der Waals surface area contributed by atoms with Crippen LogP contribution in [0.25, 0.3) is 0 Å². The normalized spacial score (nSPS) is 16.7. The fourth-order valence-electron chi connectivity index (χ4n) is 1.89. The summed E-state index contributed by atoms with van der Waals surface area (Å²) in [5, 5.41) is 26.6. The van der Waals surface area contributed by atoms with Gasteiger partial charge in [0.05, 0.1) is 16.6 Å². The van der Waals surface area contributed by atoms with E-state index in [1.165, 1.54) is 12.1 Å². The van der Waals surface area contributed by atoms with Crippen molar-refractivity contribution in [2.45, 2.75) is 23.8 Å². The van der Waals surface area contributed by atoms with E-state index in [0.717, 1.165) is 18.9 Å². The molecule has 8 heteroatoms. The van der Waals surface area contributed by atoms with Crippen LogP contribution in [-0.4, -0.2) is 37.2 Å². The van der Waals surface area contributed by atoms with Gasteiger partial charge in [0, 0.05) is 12.2 Å². The van der Waals surface area contributed by atoms with E-state index in [1.54, 1.807) is 0 Å². The zero-order valence-corrected chi connectivity index (χ0v) is 11.4. The van der Waals surface area contributed by atoms with Crippen molar-refractivity contribution < 1.29 is 23.4 Å². The molecule has 0 bridgehead atoms. The minimum atomic E-state index is -3.95. The van der Waals surface area contributed by atoms with Gasteiger partial charge in [-0.2, -0.15) is 0 Å². The lowest BCUT2D eigenvalue weighted by atomic mass is 10.1. The van der Waals surface area contributed by atoms with Gasteiger partial charge in [0.1, 0.15) is 0 Å². The minimum Gasteiger partial charge on any atom is -0.478 e. The first-order chi connectivity index (χ1) is 9.29. The molecule has 1 fully saturated rings. The highest BCUT2D eigenvalue weighted by molar-refractivity contribution is 7.89. The number of nitrogens with one attached hydrogen (secondary N) is 1. The number of hydrogen-bond acceptors (Lipinski definition) is 5. The molecular weight excluding hydrogens is 284 g/mol. The maximum absolute atomic E-state index is 11.2. The second kappa shape index (κ2) is 5.39. The first-order valence-electron chi connectivity index (χ1n) is 6.11. The molecule has 1 saturated carbocycles. The van der Waals surface area contributed by atoms with Gasteiger partial charge in [0.2, 0.25) is 10.0 Å². The van der Waals surface area contributed by atoms with Gasteiger partial charge < -0.3 is 15.5 Å². The fraction of sp³-hybridized carbons (Fsp3) is 0.417. The Morgan fingerprint density at radius 1 is 1.45 bits per heavy atom. The summed E-state index contributed by atoms with van der Waals surface area (Å²) in [5.74, 6) is -1.00. The van der Waals surface area contributed by atoms with Crippen molar-refractivity contribution in [1.82, 2.24) is 0 Å². The number of carbonyl (C=O) groups is 1. The van der Waals surface area contributed by atoms with Crippen molar-refractivity contribution in [3.63, 3.8) is 0 Å². The van der Waals surface area contributed by atoms with Crippen LogP contribution in [0.3, 0.4) is 0 Å². The predicted molar refractivity (Wildman–Crippen MR) is 72.0 cm³/mol. The molecule has 20 heavy (non-hydrogen) atoms. The summed E-state index contributed by atoms with van der Waals surface area (Å²) in [6.07, 6.45) is 1.41. The minimum absolute atomic E-state index is 0.195. The Balaban J connectivity index is 2.21. The summed E-state index contributed by atoms with van der Waals surface area (Å²) in [6, 6.07) is 3.57. The van der Waals surface area contributed by atoms with Crippen LogP contribution >= 0.6 is 0 Å². The number of carboxylic acids is 1. The van der Waals surface area contributed by atoms with E-state index in [1.807, 2.05) is 0 Å². The third-order valence-electron chi connectivity index (χ3n) is 3.22. The lowest BCUT2D eigenvalue weighted by Gasteiger charge is -2.14. The number of sulfonamides is 1. The third kappa shape index (κ3) is 3.47. The average molecular weight is 300 g/mol. The van der Waals surface area contributed by atoms with Crippen LogP contribution in [0.1, 0.15) is 23.2 Å². The molecular formula is C12H16N2O5S. The molecule has 0 amide bonds. The fourth-order valence-corrected chi connectivity index (χ4v) is 2.43. The molecule has 0 aliphatic heterocycles. The monoisotopic (exact) mass is 300 g/mol. The predicted octanol–water partition coefficient (Wildman–Crippen LogP) is 0.215. The standard InChI is InChI=1S/C12H16N2O5S/c13-20(18,19)8-3-4-10(9(5-8)12(16)17)14-6-11(15)7-1-2-7/h3-5,7,11,14-15H,1-2,6H2,(H,16,17)(H2,13,18,19). The number of aliphatic hydroxyl groups is 1. The Bertz CT molecular complexity index is 625. The van der Waals surface area contributed by atoms with Gasteiger partial charge in [-0.15, -0.1) is 0 Å². The molecule has 0 aromatic heterocycles. The maximum atomic E-state index is 11.2. The molecule has 110 valence electrons. The molecule has 0 spiro atoms. The zero-order chi connectivity index (χ0) is 14.9. The van der Waals surface area contributed by atoms with Crippen molar-refractivity contribution in [3.05, 3.63) is 23.8 Å². The highest BCUT2D eigenvalue weighted by Crippen LogP contribution is 2.32. The number of carboxylic acid groups (broad SMARTS) is 1. The Morgan fingerprint density at radius 2 is 2.10 bits per heavy atom. The number of primary sulfonamides is 1. The van der Waals surface area contributed by atoms with Crippen molar-refractivity contribution in [3.8, 4) is 0 Å². The number of hydrogen-bond donors (Lipinski definition) is 4. The SMILES string of the molecule is NS(=O)(=O)c1ccc(NCC(O)C2CC2)c(C(=O)O)c1. The van der Waals surface area contributed by atoms with Crippen LogP contribution in [0.4, 0.5) is 5.69 Å². The molecule has 1 unspecified atom stereocenters. The van der Waals surface area contributed by atoms with Crippen molar-refractivity contribution >= 4 is 21.7 Å². The highest BCUT2D eigenvalue weighted by atomic mass is 32.2. The van der Waals surface area contributed by atoms with Gasteiger partial charge >= 0.3 is 5.97 Å². The van der Waals surface area contributed by atoms with Crippen molar-refractivity contribution in [1.29, 1.82) is 0 Å². The molecule has 0 heterocycles. The van der Waals surface area contributed by atoms with E-state index >= 15 is 0 Å². The lowest BCUT2D eigenvalue weighted by Crippen LogP contribution is -2.22. The molecule has 1 aliphatic rings. The number of aromatic carboxylic acids is 1. The van der Waals surface area contributed by atoms with E-state index in [4.69, 9.17) is 10.2 Å². The summed E-state index contributed by atoms with van der Waals surface area (Å²) in [6.45, 7) is 0.222. The number of aliphatic hydroxyl groups excluding tert-OH is 1. The Labute approximate surface area is 116 Å². The van der Waals surface area contributed by atoms with E-state index < -0.39 is 22.1 Å². The van der Waals surface area contributed by atoms with Crippen LogP contribution < -0.4 is 10.5 Å². The van der Waals surface area contributed by atoms with Crippen molar-refractivity contribution in [2.24, 2.45) is 11.1 Å². The molecule has 0 saturated heterocycles. The first-order valence-corrected chi connectivity index (χ1v) is 7.66. The second-order valence-electron chi connectivity index (χ2n) is 4.84. The number of nitrogens with two attached hydrogens (primary N) is 1.